The van der Waals surface area contributed by atoms with Crippen molar-refractivity contribution in [2.24, 2.45) is 0 Å². The van der Waals surface area contributed by atoms with Crippen LogP contribution in [0.5, 0.6) is 0 Å². The Hall–Kier alpha value is -1.16. The molecule has 0 bridgehead atoms. The van der Waals surface area contributed by atoms with E-state index < -0.39 is 0 Å². The van der Waals surface area contributed by atoms with Crippen LogP contribution in [0, 0.1) is 6.07 Å². The second-order valence-electron chi connectivity index (χ2n) is 6.75. The largest absolute Gasteiger partial charge is 0.126 e. The van der Waals surface area contributed by atoms with Crippen LogP contribution in [-0.2, 0) is 29.1 Å². The molecule has 0 unspecified atom stereocenters. The molecule has 154 valence electrons. The summed E-state index contributed by atoms with van der Waals surface area (Å²) in [4.78, 5) is 4.15. The summed E-state index contributed by atoms with van der Waals surface area (Å²) in [6.45, 7) is 0. The summed E-state index contributed by atoms with van der Waals surface area (Å²) in [5, 5.41) is 5.39. The van der Waals surface area contributed by atoms with Crippen LogP contribution >= 0.6 is 24.8 Å². The fraction of sp³-hybridized carbons (Fsp3) is 0.0400. The number of rotatable bonds is 0. The number of halogens is 3. The molecule has 1 heterocycles. The van der Waals surface area contributed by atoms with E-state index in [-0.39, 0.29) is 24.8 Å². The Labute approximate surface area is 221 Å². The quantitative estimate of drug-likeness (QED) is 0.245. The molecule has 6 rings (SSSR count). The van der Waals surface area contributed by atoms with Crippen molar-refractivity contribution < 1.29 is 47.5 Å². The first-order valence-electron chi connectivity index (χ1n) is 9.16. The van der Waals surface area contributed by atoms with Crippen molar-refractivity contribution in [2.75, 3.05) is 0 Å². The van der Waals surface area contributed by atoms with Gasteiger partial charge in [0.1, 0.15) is 0 Å². The molecule has 0 aliphatic heterocycles. The molecule has 0 N–H and O–H groups in total. The smallest absolute Gasteiger partial charge is 0.0771 e. The Bertz CT molecular complexity index is 1250. The minimum absolute atomic E-state index is 0. The minimum Gasteiger partial charge on any atom is -0.126 e. The molecule has 0 saturated carbocycles. The molecular weight excluding hydrogens is 588 g/mol. The number of aromatic nitrogens is 1. The van der Waals surface area contributed by atoms with Gasteiger partial charge in [0, 0.05) is 6.20 Å². The Morgan fingerprint density at radius 3 is 2.16 bits per heavy atom. The molecule has 0 spiro atoms. The maximum atomic E-state index is 4.17. The Kier molecular flexibility index (Phi) is 10.3. The predicted molar refractivity (Wildman–Crippen MR) is 124 cm³/mol. The molecule has 5 aromatic rings. The van der Waals surface area contributed by atoms with Gasteiger partial charge in [0.2, 0.25) is 0 Å². The average Bonchev–Trinajstić information content (AvgIpc) is 3.33. The summed E-state index contributed by atoms with van der Waals surface area (Å²) < 4.78 is 1.09. The van der Waals surface area contributed by atoms with Gasteiger partial charge in [-0.3, -0.25) is 4.98 Å². The molecular formula is C25H16BrCl2NSZr-2. The van der Waals surface area contributed by atoms with Gasteiger partial charge in [-0.2, -0.15) is 0 Å². The summed E-state index contributed by atoms with van der Waals surface area (Å²) in [5.74, 6) is 0. The maximum Gasteiger partial charge on any atom is -0.0771 e. The third-order valence-corrected chi connectivity index (χ3v) is 5.53. The van der Waals surface area contributed by atoms with E-state index in [0.717, 1.165) is 33.6 Å². The third-order valence-electron chi connectivity index (χ3n) is 5.07. The number of hydrogen-bond acceptors (Lipinski definition) is 2. The molecule has 0 saturated heterocycles. The molecule has 0 amide bonds. The fourth-order valence-electron chi connectivity index (χ4n) is 3.82. The van der Waals surface area contributed by atoms with E-state index in [1.165, 1.54) is 43.8 Å². The van der Waals surface area contributed by atoms with Crippen LogP contribution in [0.1, 0.15) is 11.1 Å². The Balaban J connectivity index is 0.000000193. The molecule has 1 aliphatic rings. The first-order chi connectivity index (χ1) is 14.3. The molecule has 6 heteroatoms. The average molecular weight is 605 g/mol. The third kappa shape index (κ3) is 5.61. The zero-order valence-corrected chi connectivity index (χ0v) is 22.7. The van der Waals surface area contributed by atoms with Gasteiger partial charge in [-0.15, -0.1) is 85.0 Å². The van der Waals surface area contributed by atoms with Crippen molar-refractivity contribution in [1.82, 2.24) is 4.98 Å². The van der Waals surface area contributed by atoms with Crippen LogP contribution in [-0.4, -0.2) is 4.98 Å². The van der Waals surface area contributed by atoms with Gasteiger partial charge in [0.05, 0.1) is 0 Å². The van der Waals surface area contributed by atoms with E-state index in [4.69, 9.17) is 0 Å². The van der Waals surface area contributed by atoms with E-state index in [0.29, 0.717) is 0 Å². The van der Waals surface area contributed by atoms with Crippen molar-refractivity contribution in [3.05, 3.63) is 107 Å². The van der Waals surface area contributed by atoms with Crippen molar-refractivity contribution in [2.45, 2.75) is 6.42 Å². The van der Waals surface area contributed by atoms with Crippen molar-refractivity contribution in [1.29, 1.82) is 0 Å². The summed E-state index contributed by atoms with van der Waals surface area (Å²) in [6.07, 6.45) is 4.77. The number of benzene rings is 3. The van der Waals surface area contributed by atoms with E-state index in [1.807, 2.05) is 18.5 Å². The molecule has 0 fully saturated rings. The van der Waals surface area contributed by atoms with Crippen LogP contribution < -0.4 is 24.8 Å². The van der Waals surface area contributed by atoms with Gasteiger partial charge in [-0.1, -0.05) is 52.0 Å². The molecule has 0 atom stereocenters. The Morgan fingerprint density at radius 1 is 0.903 bits per heavy atom. The monoisotopic (exact) mass is 601 g/mol. The Morgan fingerprint density at radius 2 is 1.52 bits per heavy atom. The standard InChI is InChI=1S/C13H9.C12H7BrN.2ClH.S.Zr/c1-3-7-12-10(5-1)9-11-6-2-4-8-13(11)12;13-10-1-2-11-9(6-10)5-8-3-4-14-7-12(8)11;;;;/h1-9H;1,3-4,6-7H,5H2;2*1H;;/q2*-1;;;;+2/p-2. The molecule has 1 aliphatic carbocycles. The van der Waals surface area contributed by atoms with Gasteiger partial charge in [-0.25, -0.2) is 0 Å². The number of hydrogen-bond donors (Lipinski definition) is 0. The predicted octanol–water partition coefficient (Wildman–Crippen LogP) is 1.58. The van der Waals surface area contributed by atoms with Crippen LogP contribution in [0.25, 0.3) is 32.7 Å². The van der Waals surface area contributed by atoms with E-state index in [9.17, 15) is 0 Å². The van der Waals surface area contributed by atoms with E-state index in [2.05, 4.69) is 103 Å². The summed E-state index contributed by atoms with van der Waals surface area (Å²) in [7, 11) is 4.17. The van der Waals surface area contributed by atoms with Crippen LogP contribution in [0.4, 0.5) is 0 Å². The van der Waals surface area contributed by atoms with Crippen LogP contribution in [0.2, 0.25) is 0 Å². The maximum absolute atomic E-state index is 4.17. The minimum atomic E-state index is 0. The summed E-state index contributed by atoms with van der Waals surface area (Å²) in [5.41, 5.74) is 5.12. The summed E-state index contributed by atoms with van der Waals surface area (Å²) >= 11 is 4.60. The van der Waals surface area contributed by atoms with E-state index >= 15 is 0 Å². The van der Waals surface area contributed by atoms with Gasteiger partial charge in [0.15, 0.2) is 0 Å². The normalized spacial score (nSPS) is 10.4. The number of nitrogens with zero attached hydrogens (tertiary/aromatic N) is 1. The van der Waals surface area contributed by atoms with Crippen LogP contribution in [0.15, 0.2) is 89.7 Å². The molecule has 4 aromatic carbocycles. The van der Waals surface area contributed by atoms with Crippen molar-refractivity contribution >= 4 is 46.3 Å². The zero-order valence-electron chi connectivity index (χ0n) is 16.3. The van der Waals surface area contributed by atoms with Crippen molar-refractivity contribution in [3.63, 3.8) is 0 Å². The van der Waals surface area contributed by atoms with Gasteiger partial charge >= 0.3 is 31.5 Å². The second-order valence-corrected chi connectivity index (χ2v) is 7.66. The van der Waals surface area contributed by atoms with Gasteiger partial charge in [-0.05, 0) is 18.7 Å². The molecule has 31 heavy (non-hydrogen) atoms. The molecule has 0 radical (unpaired) electrons. The number of pyridine rings is 1. The topological polar surface area (TPSA) is 12.9 Å². The fourth-order valence-corrected chi connectivity index (χ4v) is 4.21. The van der Waals surface area contributed by atoms with Gasteiger partial charge < -0.3 is 24.8 Å². The molecule has 1 aromatic heterocycles. The number of fused-ring (bicyclic) bond motifs is 6. The van der Waals surface area contributed by atoms with E-state index in [1.54, 1.807) is 0 Å². The van der Waals surface area contributed by atoms with Crippen molar-refractivity contribution in [3.8, 4) is 11.1 Å². The summed E-state index contributed by atoms with van der Waals surface area (Å²) in [6, 6.07) is 28.8. The van der Waals surface area contributed by atoms with Crippen LogP contribution in [0.3, 0.4) is 0 Å². The van der Waals surface area contributed by atoms with Gasteiger partial charge in [0.25, 0.3) is 0 Å². The second kappa shape index (κ2) is 12.2. The first-order valence-corrected chi connectivity index (χ1v) is 13.4. The first kappa shape index (κ1) is 26.1. The SMILES string of the molecule is Brc1c[c-]c2c(c1)Cc1ccncc1-2.[Cl-].[Cl-].[S]=[Zr+2].c1ccc2c(c1)[cH-]c1ccccc12. The zero-order chi connectivity index (χ0) is 20.2. The molecule has 1 nitrogen and oxygen atoms in total.